The Morgan fingerprint density at radius 3 is 2.52 bits per heavy atom. The van der Waals surface area contributed by atoms with Crippen LogP contribution < -0.4 is 10.2 Å². The summed E-state index contributed by atoms with van der Waals surface area (Å²) in [6.45, 7) is 3.15. The van der Waals surface area contributed by atoms with Gasteiger partial charge in [-0.05, 0) is 12.1 Å². The number of phenols is 1. The largest absolute Gasteiger partial charge is 0.505 e. The predicted molar refractivity (Wildman–Crippen MR) is 88.4 cm³/mol. The van der Waals surface area contributed by atoms with Crippen LogP contribution in [0, 0.1) is 5.82 Å². The first-order valence-corrected chi connectivity index (χ1v) is 8.12. The van der Waals surface area contributed by atoms with Crippen molar-refractivity contribution >= 4 is 16.9 Å². The van der Waals surface area contributed by atoms with Crippen LogP contribution in [0.1, 0.15) is 5.56 Å². The number of phenolic OH excluding ortho intramolecular Hbond substituents is 1. The summed E-state index contributed by atoms with van der Waals surface area (Å²) in [7, 11) is 0. The molecule has 1 saturated heterocycles. The third-order valence-corrected chi connectivity index (χ3v) is 4.33. The molecule has 0 saturated carbocycles. The van der Waals surface area contributed by atoms with E-state index in [9.17, 15) is 22.7 Å². The van der Waals surface area contributed by atoms with Crippen LogP contribution in [-0.2, 0) is 6.18 Å². The number of anilines is 1. The van der Waals surface area contributed by atoms with Gasteiger partial charge in [-0.1, -0.05) is 0 Å². The molecule has 27 heavy (non-hydrogen) atoms. The number of rotatable bonds is 2. The van der Waals surface area contributed by atoms with Crippen molar-refractivity contribution in [2.45, 2.75) is 6.18 Å². The van der Waals surface area contributed by atoms with Crippen LogP contribution in [0.2, 0.25) is 0 Å². The van der Waals surface area contributed by atoms with Gasteiger partial charge in [0.15, 0.2) is 23.0 Å². The first-order chi connectivity index (χ1) is 12.8. The Hall–Kier alpha value is -2.95. The molecule has 11 heteroatoms. The zero-order chi connectivity index (χ0) is 19.2. The van der Waals surface area contributed by atoms with Crippen LogP contribution >= 0.6 is 0 Å². The predicted octanol–water partition coefficient (Wildman–Crippen LogP) is 2.09. The van der Waals surface area contributed by atoms with Gasteiger partial charge in [-0.3, -0.25) is 0 Å². The van der Waals surface area contributed by atoms with Gasteiger partial charge in [0.25, 0.3) is 0 Å². The number of nitrogens with zero attached hydrogens (tertiary/aromatic N) is 5. The molecule has 0 spiro atoms. The lowest BCUT2D eigenvalue weighted by Gasteiger charge is -2.27. The minimum Gasteiger partial charge on any atom is -0.505 e. The third kappa shape index (κ3) is 3.14. The molecule has 0 atom stereocenters. The van der Waals surface area contributed by atoms with Crippen molar-refractivity contribution < 1.29 is 22.7 Å². The maximum atomic E-state index is 13.7. The van der Waals surface area contributed by atoms with Gasteiger partial charge in [-0.15, -0.1) is 10.2 Å². The molecule has 1 aliphatic rings. The highest BCUT2D eigenvalue weighted by Gasteiger charge is 2.36. The number of halogens is 4. The van der Waals surface area contributed by atoms with Crippen molar-refractivity contribution in [3.63, 3.8) is 0 Å². The third-order valence-electron chi connectivity index (χ3n) is 4.33. The maximum Gasteiger partial charge on any atom is 0.419 e. The van der Waals surface area contributed by atoms with Crippen LogP contribution in [0.3, 0.4) is 0 Å². The molecule has 2 aromatic heterocycles. The van der Waals surface area contributed by atoms with Gasteiger partial charge in [0, 0.05) is 37.6 Å². The van der Waals surface area contributed by atoms with Crippen molar-refractivity contribution in [3.8, 4) is 11.4 Å². The highest BCUT2D eigenvalue weighted by atomic mass is 19.4. The second-order valence-corrected chi connectivity index (χ2v) is 6.10. The summed E-state index contributed by atoms with van der Waals surface area (Å²) >= 11 is 0. The number of hydrogen-bond acceptors (Lipinski definition) is 6. The van der Waals surface area contributed by atoms with E-state index in [2.05, 4.69) is 20.6 Å². The highest BCUT2D eigenvalue weighted by Crippen LogP contribution is 2.36. The average molecular weight is 382 g/mol. The zero-order valence-corrected chi connectivity index (χ0v) is 13.8. The van der Waals surface area contributed by atoms with E-state index in [4.69, 9.17) is 0 Å². The van der Waals surface area contributed by atoms with Gasteiger partial charge in [0.1, 0.15) is 0 Å². The van der Waals surface area contributed by atoms with E-state index >= 15 is 0 Å². The summed E-state index contributed by atoms with van der Waals surface area (Å²) in [6.07, 6.45) is -3.52. The summed E-state index contributed by atoms with van der Waals surface area (Å²) in [4.78, 5) is 2.03. The normalized spacial score (nSPS) is 15.5. The van der Waals surface area contributed by atoms with Gasteiger partial charge in [-0.25, -0.2) is 9.07 Å². The second-order valence-electron chi connectivity index (χ2n) is 6.10. The molecule has 3 heterocycles. The maximum absolute atomic E-state index is 13.7. The minimum absolute atomic E-state index is 0.166. The lowest BCUT2D eigenvalue weighted by atomic mass is 10.1. The Labute approximate surface area is 150 Å². The van der Waals surface area contributed by atoms with E-state index in [1.54, 1.807) is 6.07 Å². The topological polar surface area (TPSA) is 79.1 Å². The summed E-state index contributed by atoms with van der Waals surface area (Å²) in [6, 6.07) is 3.18. The first kappa shape index (κ1) is 17.5. The van der Waals surface area contributed by atoms with Crippen LogP contribution in [-0.4, -0.2) is 51.3 Å². The number of piperazine rings is 1. The fourth-order valence-electron chi connectivity index (χ4n) is 2.98. The molecule has 1 aromatic carbocycles. The Kier molecular flexibility index (Phi) is 4.10. The second kappa shape index (κ2) is 6.34. The molecular formula is C16H14F4N6O. The van der Waals surface area contributed by atoms with E-state index in [1.165, 1.54) is 6.20 Å². The number of aromatic nitrogens is 4. The number of nitrogens with one attached hydrogen (secondary N) is 1. The number of aromatic hydroxyl groups is 1. The molecule has 3 aromatic rings. The Balaban J connectivity index is 1.77. The summed E-state index contributed by atoms with van der Waals surface area (Å²) < 4.78 is 53.7. The van der Waals surface area contributed by atoms with Crippen LogP contribution in [0.25, 0.3) is 16.7 Å². The molecule has 2 N–H and O–H groups in total. The quantitative estimate of drug-likeness (QED) is 0.661. The SMILES string of the molecule is Oc1cc(-n2ncc3cc(N4CCNCC4)nnc32)cc(C(F)(F)F)c1F. The van der Waals surface area contributed by atoms with Crippen LogP contribution in [0.15, 0.2) is 24.4 Å². The molecule has 7 nitrogen and oxygen atoms in total. The smallest absolute Gasteiger partial charge is 0.419 e. The van der Waals surface area contributed by atoms with E-state index in [-0.39, 0.29) is 11.3 Å². The Morgan fingerprint density at radius 1 is 1.07 bits per heavy atom. The van der Waals surface area contributed by atoms with Gasteiger partial charge < -0.3 is 15.3 Å². The molecule has 0 bridgehead atoms. The standard InChI is InChI=1S/C16H14F4N6O/c17-14-11(16(18,19)20)6-10(7-12(14)27)26-15-9(8-22-26)5-13(23-24-15)25-3-1-21-2-4-25/h5-8,21,27H,1-4H2. The van der Waals surface area contributed by atoms with Crippen LogP contribution in [0.5, 0.6) is 5.75 Å². The molecule has 1 fully saturated rings. The summed E-state index contributed by atoms with van der Waals surface area (Å²) in [5.74, 6) is -2.20. The summed E-state index contributed by atoms with van der Waals surface area (Å²) in [5.41, 5.74) is -1.54. The van der Waals surface area contributed by atoms with Crippen molar-refractivity contribution in [2.75, 3.05) is 31.1 Å². The van der Waals surface area contributed by atoms with Gasteiger partial charge in [0.2, 0.25) is 0 Å². The van der Waals surface area contributed by atoms with Crippen molar-refractivity contribution in [1.82, 2.24) is 25.3 Å². The fraction of sp³-hybridized carbons (Fsp3) is 0.312. The van der Waals surface area contributed by atoms with Crippen molar-refractivity contribution in [1.29, 1.82) is 0 Å². The number of alkyl halides is 3. The first-order valence-electron chi connectivity index (χ1n) is 8.12. The number of fused-ring (bicyclic) bond motifs is 1. The van der Waals surface area contributed by atoms with E-state index in [0.717, 1.165) is 36.9 Å². The van der Waals surface area contributed by atoms with Gasteiger partial charge in [-0.2, -0.15) is 18.3 Å². The van der Waals surface area contributed by atoms with E-state index in [1.807, 2.05) is 4.90 Å². The lowest BCUT2D eigenvalue weighted by Crippen LogP contribution is -2.43. The molecule has 142 valence electrons. The van der Waals surface area contributed by atoms with Crippen LogP contribution in [0.4, 0.5) is 23.4 Å². The van der Waals surface area contributed by atoms with Gasteiger partial charge in [0.05, 0.1) is 17.4 Å². The van der Waals surface area contributed by atoms with Crippen molar-refractivity contribution in [2.24, 2.45) is 0 Å². The molecule has 0 aliphatic carbocycles. The molecular weight excluding hydrogens is 368 g/mol. The molecule has 0 unspecified atom stereocenters. The Morgan fingerprint density at radius 2 is 1.81 bits per heavy atom. The highest BCUT2D eigenvalue weighted by molar-refractivity contribution is 5.78. The summed E-state index contributed by atoms with van der Waals surface area (Å²) in [5, 5.41) is 25.6. The molecule has 0 amide bonds. The van der Waals surface area contributed by atoms with Gasteiger partial charge >= 0.3 is 6.18 Å². The number of benzene rings is 1. The number of hydrogen-bond donors (Lipinski definition) is 2. The minimum atomic E-state index is -4.96. The molecule has 4 rings (SSSR count). The average Bonchev–Trinajstić information content (AvgIpc) is 3.07. The van der Waals surface area contributed by atoms with E-state index < -0.39 is 23.3 Å². The molecule has 0 radical (unpaired) electrons. The monoisotopic (exact) mass is 382 g/mol. The Bertz CT molecular complexity index is 996. The zero-order valence-electron chi connectivity index (χ0n) is 13.8. The lowest BCUT2D eigenvalue weighted by molar-refractivity contribution is -0.140. The van der Waals surface area contributed by atoms with Crippen molar-refractivity contribution in [3.05, 3.63) is 35.8 Å². The van der Waals surface area contributed by atoms with E-state index in [0.29, 0.717) is 17.3 Å². The fourth-order valence-corrected chi connectivity index (χ4v) is 2.98. The molecule has 1 aliphatic heterocycles.